The molecule has 4 heteroatoms. The summed E-state index contributed by atoms with van der Waals surface area (Å²) in [5.74, 6) is -0.280. The highest BCUT2D eigenvalue weighted by molar-refractivity contribution is 6.36. The van der Waals surface area contributed by atoms with Gasteiger partial charge in [-0.1, -0.05) is 41.9 Å². The molecule has 0 amide bonds. The van der Waals surface area contributed by atoms with Crippen molar-refractivity contribution in [3.8, 4) is 0 Å². The molecular formula is C19H16ClFN2. The molecule has 23 heavy (non-hydrogen) atoms. The molecule has 0 fully saturated rings. The van der Waals surface area contributed by atoms with Crippen molar-refractivity contribution in [2.24, 2.45) is 0 Å². The molecule has 0 saturated heterocycles. The monoisotopic (exact) mass is 326 g/mol. The first-order valence-electron chi connectivity index (χ1n) is 7.73. The van der Waals surface area contributed by atoms with Crippen molar-refractivity contribution in [3.63, 3.8) is 0 Å². The van der Waals surface area contributed by atoms with Crippen LogP contribution in [0, 0.1) is 5.82 Å². The van der Waals surface area contributed by atoms with E-state index in [2.05, 4.69) is 34.1 Å². The van der Waals surface area contributed by atoms with Crippen LogP contribution in [0.4, 0.5) is 4.39 Å². The minimum Gasteiger partial charge on any atom is -0.293 e. The van der Waals surface area contributed by atoms with Gasteiger partial charge in [-0.2, -0.15) is 0 Å². The van der Waals surface area contributed by atoms with Gasteiger partial charge in [0.1, 0.15) is 5.82 Å². The maximum atomic E-state index is 13.5. The second-order valence-corrected chi connectivity index (χ2v) is 6.34. The van der Waals surface area contributed by atoms with Crippen molar-refractivity contribution in [3.05, 3.63) is 76.2 Å². The summed E-state index contributed by atoms with van der Waals surface area (Å²) < 4.78 is 13.5. The first kappa shape index (κ1) is 14.6. The first-order chi connectivity index (χ1) is 11.2. The predicted octanol–water partition coefficient (Wildman–Crippen LogP) is 4.59. The SMILES string of the molecule is Fc1ccc2c(Cl)c3c(nc2c1)CN(Cc1ccccc1)CC3. The Bertz CT molecular complexity index is 864. The van der Waals surface area contributed by atoms with Crippen LogP contribution in [0.1, 0.15) is 16.8 Å². The van der Waals surface area contributed by atoms with Crippen LogP contribution in [-0.4, -0.2) is 16.4 Å². The molecule has 0 aliphatic carbocycles. The number of nitrogens with zero attached hydrogens (tertiary/aromatic N) is 2. The van der Waals surface area contributed by atoms with Crippen LogP contribution < -0.4 is 0 Å². The highest BCUT2D eigenvalue weighted by atomic mass is 35.5. The summed E-state index contributed by atoms with van der Waals surface area (Å²) in [6.07, 6.45) is 0.876. The standard InChI is InChI=1S/C19H16ClFN2/c20-19-15-7-6-14(21)10-17(15)22-18-12-23(9-8-16(18)19)11-13-4-2-1-3-5-13/h1-7,10H,8-9,11-12H2. The number of pyridine rings is 1. The Morgan fingerprint density at radius 1 is 1.13 bits per heavy atom. The van der Waals surface area contributed by atoms with E-state index in [1.807, 2.05) is 6.07 Å². The van der Waals surface area contributed by atoms with Gasteiger partial charge in [0.15, 0.2) is 0 Å². The van der Waals surface area contributed by atoms with Gasteiger partial charge in [-0.3, -0.25) is 9.88 Å². The minimum atomic E-state index is -0.280. The summed E-state index contributed by atoms with van der Waals surface area (Å²) in [5.41, 5.74) is 3.99. The van der Waals surface area contributed by atoms with Crippen molar-refractivity contribution < 1.29 is 4.39 Å². The van der Waals surface area contributed by atoms with Gasteiger partial charge in [-0.15, -0.1) is 0 Å². The van der Waals surface area contributed by atoms with Crippen LogP contribution in [-0.2, 0) is 19.5 Å². The lowest BCUT2D eigenvalue weighted by atomic mass is 10.0. The average molecular weight is 327 g/mol. The lowest BCUT2D eigenvalue weighted by molar-refractivity contribution is 0.242. The van der Waals surface area contributed by atoms with E-state index in [1.165, 1.54) is 17.7 Å². The minimum absolute atomic E-state index is 0.280. The molecule has 0 N–H and O–H groups in total. The topological polar surface area (TPSA) is 16.1 Å². The van der Waals surface area contributed by atoms with E-state index in [1.54, 1.807) is 6.07 Å². The van der Waals surface area contributed by atoms with Gasteiger partial charge in [0, 0.05) is 31.1 Å². The zero-order chi connectivity index (χ0) is 15.8. The van der Waals surface area contributed by atoms with Crippen molar-refractivity contribution in [1.82, 2.24) is 9.88 Å². The molecule has 2 aromatic carbocycles. The summed E-state index contributed by atoms with van der Waals surface area (Å²) in [6.45, 7) is 2.59. The molecule has 2 nitrogen and oxygen atoms in total. The molecule has 1 aliphatic heterocycles. The fourth-order valence-electron chi connectivity index (χ4n) is 3.21. The zero-order valence-electron chi connectivity index (χ0n) is 12.6. The summed E-state index contributed by atoms with van der Waals surface area (Å²) in [7, 11) is 0. The number of aromatic nitrogens is 1. The first-order valence-corrected chi connectivity index (χ1v) is 8.11. The van der Waals surface area contributed by atoms with Gasteiger partial charge < -0.3 is 0 Å². The lowest BCUT2D eigenvalue weighted by Crippen LogP contribution is -2.31. The molecule has 116 valence electrons. The molecule has 4 rings (SSSR count). The molecule has 0 saturated carbocycles. The third kappa shape index (κ3) is 2.82. The van der Waals surface area contributed by atoms with Gasteiger partial charge in [-0.25, -0.2) is 4.39 Å². The predicted molar refractivity (Wildman–Crippen MR) is 91.0 cm³/mol. The van der Waals surface area contributed by atoms with E-state index in [9.17, 15) is 4.39 Å². The highest BCUT2D eigenvalue weighted by Gasteiger charge is 2.21. The summed E-state index contributed by atoms with van der Waals surface area (Å²) in [6, 6.07) is 15.0. The second kappa shape index (κ2) is 5.91. The van der Waals surface area contributed by atoms with Crippen molar-refractivity contribution in [1.29, 1.82) is 0 Å². The summed E-state index contributed by atoms with van der Waals surface area (Å²) >= 11 is 6.54. The number of hydrogen-bond acceptors (Lipinski definition) is 2. The van der Waals surface area contributed by atoms with E-state index in [0.29, 0.717) is 5.52 Å². The van der Waals surface area contributed by atoms with Crippen molar-refractivity contribution in [2.75, 3.05) is 6.54 Å². The van der Waals surface area contributed by atoms with E-state index >= 15 is 0 Å². The fraction of sp³-hybridized carbons (Fsp3) is 0.211. The third-order valence-electron chi connectivity index (χ3n) is 4.37. The van der Waals surface area contributed by atoms with Crippen molar-refractivity contribution >= 4 is 22.5 Å². The van der Waals surface area contributed by atoms with Crippen LogP contribution in [0.5, 0.6) is 0 Å². The number of rotatable bonds is 2. The van der Waals surface area contributed by atoms with Gasteiger partial charge in [0.25, 0.3) is 0 Å². The number of benzene rings is 2. The average Bonchev–Trinajstić information content (AvgIpc) is 2.55. The molecule has 0 bridgehead atoms. The summed E-state index contributed by atoms with van der Waals surface area (Å²) in [5, 5.41) is 1.56. The lowest BCUT2D eigenvalue weighted by Gasteiger charge is -2.29. The third-order valence-corrected chi connectivity index (χ3v) is 4.80. The van der Waals surface area contributed by atoms with Crippen LogP contribution in [0.2, 0.25) is 5.02 Å². The fourth-order valence-corrected chi connectivity index (χ4v) is 3.57. The maximum absolute atomic E-state index is 13.5. The molecule has 0 spiro atoms. The van der Waals surface area contributed by atoms with Gasteiger partial charge in [-0.05, 0) is 29.7 Å². The molecule has 0 atom stereocenters. The van der Waals surface area contributed by atoms with Gasteiger partial charge in [0.05, 0.1) is 16.2 Å². The second-order valence-electron chi connectivity index (χ2n) is 5.96. The Morgan fingerprint density at radius 3 is 2.78 bits per heavy atom. The molecule has 0 radical (unpaired) electrons. The van der Waals surface area contributed by atoms with Crippen LogP contribution >= 0.6 is 11.6 Å². The van der Waals surface area contributed by atoms with E-state index in [4.69, 9.17) is 11.6 Å². The van der Waals surface area contributed by atoms with Crippen LogP contribution in [0.15, 0.2) is 48.5 Å². The molecule has 1 aliphatic rings. The Hall–Kier alpha value is -1.97. The molecule has 2 heterocycles. The van der Waals surface area contributed by atoms with E-state index in [-0.39, 0.29) is 5.82 Å². The normalized spacial score (nSPS) is 14.9. The maximum Gasteiger partial charge on any atom is 0.125 e. The zero-order valence-corrected chi connectivity index (χ0v) is 13.4. The van der Waals surface area contributed by atoms with Gasteiger partial charge >= 0.3 is 0 Å². The quantitative estimate of drug-likeness (QED) is 0.685. The number of fused-ring (bicyclic) bond motifs is 2. The molecule has 1 aromatic heterocycles. The Balaban J connectivity index is 1.67. The summed E-state index contributed by atoms with van der Waals surface area (Å²) in [4.78, 5) is 7.02. The van der Waals surface area contributed by atoms with E-state index < -0.39 is 0 Å². The van der Waals surface area contributed by atoms with Crippen LogP contribution in [0.25, 0.3) is 10.9 Å². The van der Waals surface area contributed by atoms with Gasteiger partial charge in [0.2, 0.25) is 0 Å². The van der Waals surface area contributed by atoms with Crippen molar-refractivity contribution in [2.45, 2.75) is 19.5 Å². The largest absolute Gasteiger partial charge is 0.293 e. The number of hydrogen-bond donors (Lipinski definition) is 0. The Kier molecular flexibility index (Phi) is 3.76. The van der Waals surface area contributed by atoms with E-state index in [0.717, 1.165) is 47.7 Å². The highest BCUT2D eigenvalue weighted by Crippen LogP contribution is 2.32. The smallest absolute Gasteiger partial charge is 0.125 e. The van der Waals surface area contributed by atoms with Crippen LogP contribution in [0.3, 0.4) is 0 Å². The number of halogens is 2. The molecule has 0 unspecified atom stereocenters. The Labute approximate surface area is 139 Å². The molecule has 3 aromatic rings. The Morgan fingerprint density at radius 2 is 1.96 bits per heavy atom. The molecular weight excluding hydrogens is 311 g/mol.